The summed E-state index contributed by atoms with van der Waals surface area (Å²) < 4.78 is 38.9. The standard InChI is InChI=1S/C15H18F3NO2/c1-10-6-12(14(20)21)9-19(7-10)8-11-4-2-3-5-13(11)15(16,17)18/h2-5,10,12H,6-9H2,1H3,(H,20,21). The zero-order valence-electron chi connectivity index (χ0n) is 11.7. The van der Waals surface area contributed by atoms with Gasteiger partial charge in [-0.3, -0.25) is 9.69 Å². The summed E-state index contributed by atoms with van der Waals surface area (Å²) in [5.41, 5.74) is -0.446. The van der Waals surface area contributed by atoms with Crippen LogP contribution in [0, 0.1) is 11.8 Å². The van der Waals surface area contributed by atoms with Crippen LogP contribution in [0.5, 0.6) is 0 Å². The lowest BCUT2D eigenvalue weighted by molar-refractivity contribution is -0.145. The van der Waals surface area contributed by atoms with Gasteiger partial charge in [-0.25, -0.2) is 0 Å². The van der Waals surface area contributed by atoms with Crippen LogP contribution in [-0.2, 0) is 17.5 Å². The van der Waals surface area contributed by atoms with E-state index in [9.17, 15) is 18.0 Å². The summed E-state index contributed by atoms with van der Waals surface area (Å²) in [7, 11) is 0. The third kappa shape index (κ3) is 3.97. The fraction of sp³-hybridized carbons (Fsp3) is 0.533. The lowest BCUT2D eigenvalue weighted by Crippen LogP contribution is -2.42. The van der Waals surface area contributed by atoms with Crippen LogP contribution < -0.4 is 0 Å². The van der Waals surface area contributed by atoms with Crippen LogP contribution in [0.2, 0.25) is 0 Å². The molecular formula is C15H18F3NO2. The van der Waals surface area contributed by atoms with E-state index in [1.807, 2.05) is 6.92 Å². The predicted octanol–water partition coefficient (Wildman–Crippen LogP) is 3.25. The van der Waals surface area contributed by atoms with E-state index in [-0.39, 0.29) is 18.0 Å². The highest BCUT2D eigenvalue weighted by atomic mass is 19.4. The van der Waals surface area contributed by atoms with Crippen LogP contribution in [0.25, 0.3) is 0 Å². The maximum absolute atomic E-state index is 13.0. The van der Waals surface area contributed by atoms with Crippen molar-refractivity contribution in [2.75, 3.05) is 13.1 Å². The van der Waals surface area contributed by atoms with Gasteiger partial charge in [-0.2, -0.15) is 13.2 Å². The summed E-state index contributed by atoms with van der Waals surface area (Å²) in [5, 5.41) is 9.12. The molecule has 1 saturated heterocycles. The molecular weight excluding hydrogens is 283 g/mol. The second kappa shape index (κ2) is 6.05. The van der Waals surface area contributed by atoms with Crippen molar-refractivity contribution < 1.29 is 23.1 Å². The molecule has 1 aliphatic heterocycles. The molecule has 1 aliphatic rings. The number of alkyl halides is 3. The summed E-state index contributed by atoms with van der Waals surface area (Å²) in [6.07, 6.45) is -3.81. The molecule has 0 aromatic heterocycles. The molecule has 1 N–H and O–H groups in total. The highest BCUT2D eigenvalue weighted by molar-refractivity contribution is 5.70. The number of hydrogen-bond donors (Lipinski definition) is 1. The van der Waals surface area contributed by atoms with Crippen LogP contribution >= 0.6 is 0 Å². The van der Waals surface area contributed by atoms with Gasteiger partial charge in [0.2, 0.25) is 0 Å². The van der Waals surface area contributed by atoms with Crippen molar-refractivity contribution in [2.24, 2.45) is 11.8 Å². The maximum atomic E-state index is 13.0. The predicted molar refractivity (Wildman–Crippen MR) is 71.6 cm³/mol. The van der Waals surface area contributed by atoms with E-state index >= 15 is 0 Å². The fourth-order valence-electron chi connectivity index (χ4n) is 2.95. The van der Waals surface area contributed by atoms with Crippen molar-refractivity contribution >= 4 is 5.97 Å². The number of piperidine rings is 1. The molecule has 0 spiro atoms. The number of carboxylic acids is 1. The number of likely N-dealkylation sites (tertiary alicyclic amines) is 1. The van der Waals surface area contributed by atoms with Gasteiger partial charge in [0.1, 0.15) is 0 Å². The van der Waals surface area contributed by atoms with E-state index in [1.165, 1.54) is 12.1 Å². The monoisotopic (exact) mass is 301 g/mol. The van der Waals surface area contributed by atoms with Crippen LogP contribution in [-0.4, -0.2) is 29.1 Å². The number of aliphatic carboxylic acids is 1. The second-order valence-corrected chi connectivity index (χ2v) is 5.73. The Morgan fingerprint density at radius 1 is 1.33 bits per heavy atom. The first-order valence-corrected chi connectivity index (χ1v) is 6.87. The average Bonchev–Trinajstić information content (AvgIpc) is 2.37. The zero-order valence-corrected chi connectivity index (χ0v) is 11.7. The molecule has 2 unspecified atom stereocenters. The van der Waals surface area contributed by atoms with Gasteiger partial charge in [-0.15, -0.1) is 0 Å². The Balaban J connectivity index is 2.16. The molecule has 0 saturated carbocycles. The normalized spacial score (nSPS) is 24.0. The maximum Gasteiger partial charge on any atom is 0.416 e. The summed E-state index contributed by atoms with van der Waals surface area (Å²) in [6, 6.07) is 5.47. The Morgan fingerprint density at radius 2 is 2.00 bits per heavy atom. The number of hydrogen-bond acceptors (Lipinski definition) is 2. The van der Waals surface area contributed by atoms with Crippen LogP contribution in [0.15, 0.2) is 24.3 Å². The number of halogens is 3. The minimum atomic E-state index is -4.38. The fourth-order valence-corrected chi connectivity index (χ4v) is 2.95. The highest BCUT2D eigenvalue weighted by Crippen LogP contribution is 2.33. The highest BCUT2D eigenvalue weighted by Gasteiger charge is 2.34. The first kappa shape index (κ1) is 15.8. The van der Waals surface area contributed by atoms with Crippen molar-refractivity contribution in [1.82, 2.24) is 4.90 Å². The topological polar surface area (TPSA) is 40.5 Å². The van der Waals surface area contributed by atoms with E-state index in [4.69, 9.17) is 5.11 Å². The van der Waals surface area contributed by atoms with E-state index in [2.05, 4.69) is 0 Å². The van der Waals surface area contributed by atoms with E-state index < -0.39 is 23.6 Å². The molecule has 116 valence electrons. The SMILES string of the molecule is CC1CC(C(=O)O)CN(Cc2ccccc2C(F)(F)F)C1. The number of nitrogens with zero attached hydrogens (tertiary/aromatic N) is 1. The Bertz CT molecular complexity index is 516. The lowest BCUT2D eigenvalue weighted by atomic mass is 9.90. The average molecular weight is 301 g/mol. The van der Waals surface area contributed by atoms with Gasteiger partial charge in [0, 0.05) is 19.6 Å². The molecule has 6 heteroatoms. The molecule has 1 fully saturated rings. The van der Waals surface area contributed by atoms with Crippen LogP contribution in [0.1, 0.15) is 24.5 Å². The quantitative estimate of drug-likeness (QED) is 0.931. The first-order valence-electron chi connectivity index (χ1n) is 6.87. The number of carboxylic acid groups (broad SMARTS) is 1. The molecule has 2 rings (SSSR count). The number of rotatable bonds is 3. The van der Waals surface area contributed by atoms with E-state index in [0.29, 0.717) is 19.5 Å². The summed E-state index contributed by atoms with van der Waals surface area (Å²) in [6.45, 7) is 2.98. The van der Waals surface area contributed by atoms with Gasteiger partial charge < -0.3 is 5.11 Å². The van der Waals surface area contributed by atoms with E-state index in [0.717, 1.165) is 6.07 Å². The van der Waals surface area contributed by atoms with Crippen molar-refractivity contribution in [2.45, 2.75) is 26.1 Å². The summed E-state index contributed by atoms with van der Waals surface area (Å²) in [4.78, 5) is 12.9. The Kier molecular flexibility index (Phi) is 4.56. The molecule has 2 atom stereocenters. The van der Waals surface area contributed by atoms with Gasteiger partial charge >= 0.3 is 12.1 Å². The van der Waals surface area contributed by atoms with Crippen LogP contribution in [0.3, 0.4) is 0 Å². The Morgan fingerprint density at radius 3 is 2.62 bits per heavy atom. The van der Waals surface area contributed by atoms with Gasteiger partial charge in [-0.05, 0) is 24.0 Å². The molecule has 0 amide bonds. The number of benzene rings is 1. The molecule has 1 heterocycles. The third-order valence-corrected chi connectivity index (χ3v) is 3.80. The molecule has 3 nitrogen and oxygen atoms in total. The van der Waals surface area contributed by atoms with Gasteiger partial charge in [0.15, 0.2) is 0 Å². The smallest absolute Gasteiger partial charge is 0.416 e. The van der Waals surface area contributed by atoms with Gasteiger partial charge in [0.05, 0.1) is 11.5 Å². The Labute approximate surface area is 121 Å². The Hall–Kier alpha value is -1.56. The molecule has 1 aromatic rings. The summed E-state index contributed by atoms with van der Waals surface area (Å²) in [5.74, 6) is -1.22. The minimum Gasteiger partial charge on any atom is -0.481 e. The van der Waals surface area contributed by atoms with Gasteiger partial charge in [0.25, 0.3) is 0 Å². The zero-order chi connectivity index (χ0) is 15.6. The molecule has 21 heavy (non-hydrogen) atoms. The lowest BCUT2D eigenvalue weighted by Gasteiger charge is -2.35. The van der Waals surface area contributed by atoms with Crippen molar-refractivity contribution in [1.29, 1.82) is 0 Å². The first-order chi connectivity index (χ1) is 9.77. The summed E-state index contributed by atoms with van der Waals surface area (Å²) >= 11 is 0. The molecule has 0 radical (unpaired) electrons. The van der Waals surface area contributed by atoms with Gasteiger partial charge in [-0.1, -0.05) is 25.1 Å². The van der Waals surface area contributed by atoms with E-state index in [1.54, 1.807) is 11.0 Å². The van der Waals surface area contributed by atoms with Crippen molar-refractivity contribution in [3.05, 3.63) is 35.4 Å². The minimum absolute atomic E-state index is 0.129. The second-order valence-electron chi connectivity index (χ2n) is 5.73. The van der Waals surface area contributed by atoms with Crippen molar-refractivity contribution in [3.63, 3.8) is 0 Å². The van der Waals surface area contributed by atoms with Crippen LogP contribution in [0.4, 0.5) is 13.2 Å². The largest absolute Gasteiger partial charge is 0.481 e. The number of carbonyl (C=O) groups is 1. The molecule has 0 aliphatic carbocycles. The molecule has 0 bridgehead atoms. The third-order valence-electron chi connectivity index (χ3n) is 3.80. The van der Waals surface area contributed by atoms with Crippen molar-refractivity contribution in [3.8, 4) is 0 Å². The molecule has 1 aromatic carbocycles.